The number of rotatable bonds is 4. The summed E-state index contributed by atoms with van der Waals surface area (Å²) < 4.78 is 0. The minimum absolute atomic E-state index is 0.168. The maximum atomic E-state index is 12.9. The van der Waals surface area contributed by atoms with Crippen molar-refractivity contribution in [3.05, 3.63) is 51.8 Å². The zero-order valence-corrected chi connectivity index (χ0v) is 18.6. The van der Waals surface area contributed by atoms with Crippen molar-refractivity contribution in [3.63, 3.8) is 0 Å². The summed E-state index contributed by atoms with van der Waals surface area (Å²) in [5, 5.41) is 13.2. The number of nitrogens with zero attached hydrogens (tertiary/aromatic N) is 6. The Morgan fingerprint density at radius 3 is 2.59 bits per heavy atom. The lowest BCUT2D eigenvalue weighted by molar-refractivity contribution is 0.0746. The molecule has 10 heteroatoms. The Hall–Kier alpha value is -3.15. The van der Waals surface area contributed by atoms with Gasteiger partial charge < -0.3 is 15.1 Å². The van der Waals surface area contributed by atoms with Crippen LogP contribution in [0.2, 0.25) is 10.2 Å². The van der Waals surface area contributed by atoms with Gasteiger partial charge in [-0.05, 0) is 37.1 Å². The number of halogens is 2. The molecule has 3 heterocycles. The SMILES string of the molecule is N#Cc1ccc2nc(NC3CC3)c(N3CCN(C(=O)c4cc(Cl)ncc4Cl)CC3)nc2c1. The third kappa shape index (κ3) is 4.14. The van der Waals surface area contributed by atoms with Gasteiger partial charge in [-0.1, -0.05) is 23.2 Å². The van der Waals surface area contributed by atoms with Gasteiger partial charge in [0.1, 0.15) is 5.15 Å². The van der Waals surface area contributed by atoms with Crippen LogP contribution in [0.3, 0.4) is 0 Å². The van der Waals surface area contributed by atoms with Crippen LogP contribution in [0, 0.1) is 11.3 Å². The number of hydrogen-bond donors (Lipinski definition) is 1. The number of benzene rings is 1. The molecule has 1 aromatic carbocycles. The summed E-state index contributed by atoms with van der Waals surface area (Å²) in [5.74, 6) is 1.32. The van der Waals surface area contributed by atoms with Crippen molar-refractivity contribution in [1.29, 1.82) is 5.26 Å². The van der Waals surface area contributed by atoms with Crippen LogP contribution in [0.1, 0.15) is 28.8 Å². The van der Waals surface area contributed by atoms with E-state index in [0.29, 0.717) is 48.9 Å². The van der Waals surface area contributed by atoms with Crippen molar-refractivity contribution in [2.75, 3.05) is 36.4 Å². The first-order valence-corrected chi connectivity index (χ1v) is 11.1. The van der Waals surface area contributed by atoms with Crippen LogP contribution in [0.5, 0.6) is 0 Å². The van der Waals surface area contributed by atoms with E-state index >= 15 is 0 Å². The lowest BCUT2D eigenvalue weighted by atomic mass is 10.2. The Bertz CT molecular complexity index is 1250. The van der Waals surface area contributed by atoms with Gasteiger partial charge in [0.2, 0.25) is 0 Å². The molecule has 8 nitrogen and oxygen atoms in total. The molecule has 1 aliphatic carbocycles. The highest BCUT2D eigenvalue weighted by molar-refractivity contribution is 6.35. The van der Waals surface area contributed by atoms with Gasteiger partial charge in [-0.15, -0.1) is 0 Å². The molecular formula is C22H19Cl2N7O. The van der Waals surface area contributed by atoms with Gasteiger partial charge in [-0.2, -0.15) is 5.26 Å². The molecule has 1 saturated heterocycles. The quantitative estimate of drug-likeness (QED) is 0.583. The Morgan fingerprint density at radius 1 is 1.09 bits per heavy atom. The fraction of sp³-hybridized carbons (Fsp3) is 0.318. The van der Waals surface area contributed by atoms with Crippen LogP contribution >= 0.6 is 23.2 Å². The molecule has 0 spiro atoms. The summed E-state index contributed by atoms with van der Waals surface area (Å²) >= 11 is 12.1. The highest BCUT2D eigenvalue weighted by Crippen LogP contribution is 2.32. The van der Waals surface area contributed by atoms with E-state index in [9.17, 15) is 10.1 Å². The van der Waals surface area contributed by atoms with E-state index < -0.39 is 0 Å². The number of nitriles is 1. The van der Waals surface area contributed by atoms with Crippen LogP contribution in [0.4, 0.5) is 11.6 Å². The van der Waals surface area contributed by atoms with Crippen LogP contribution in [0.15, 0.2) is 30.5 Å². The largest absolute Gasteiger partial charge is 0.364 e. The number of hydrogen-bond acceptors (Lipinski definition) is 7. The fourth-order valence-corrected chi connectivity index (χ4v) is 4.06. The maximum absolute atomic E-state index is 12.9. The number of anilines is 2. The molecular weight excluding hydrogens is 449 g/mol. The first-order valence-electron chi connectivity index (χ1n) is 10.4. The van der Waals surface area contributed by atoms with E-state index in [1.807, 2.05) is 6.07 Å². The van der Waals surface area contributed by atoms with Crippen molar-refractivity contribution in [3.8, 4) is 6.07 Å². The molecule has 1 N–H and O–H groups in total. The molecule has 2 aromatic heterocycles. The third-order valence-corrected chi connectivity index (χ3v) is 6.12. The second-order valence-electron chi connectivity index (χ2n) is 7.90. The molecule has 1 amide bonds. The second-order valence-corrected chi connectivity index (χ2v) is 8.69. The first kappa shape index (κ1) is 20.7. The van der Waals surface area contributed by atoms with Crippen molar-refractivity contribution in [1.82, 2.24) is 19.9 Å². The van der Waals surface area contributed by atoms with Gasteiger partial charge in [-0.3, -0.25) is 4.79 Å². The zero-order valence-electron chi connectivity index (χ0n) is 17.1. The van der Waals surface area contributed by atoms with Gasteiger partial charge in [0.15, 0.2) is 11.6 Å². The molecule has 0 bridgehead atoms. The summed E-state index contributed by atoms with van der Waals surface area (Å²) in [6, 6.07) is 9.39. The summed E-state index contributed by atoms with van der Waals surface area (Å²) in [6.45, 7) is 2.21. The van der Waals surface area contributed by atoms with E-state index in [1.165, 1.54) is 12.3 Å². The van der Waals surface area contributed by atoms with Crippen molar-refractivity contribution < 1.29 is 4.79 Å². The lowest BCUT2D eigenvalue weighted by Crippen LogP contribution is -2.49. The molecule has 3 aromatic rings. The molecule has 0 radical (unpaired) electrons. The Kier molecular flexibility index (Phi) is 5.45. The molecule has 1 saturated carbocycles. The van der Waals surface area contributed by atoms with Crippen LogP contribution in [0.25, 0.3) is 11.0 Å². The van der Waals surface area contributed by atoms with E-state index in [0.717, 1.165) is 30.0 Å². The summed E-state index contributed by atoms with van der Waals surface area (Å²) in [6.07, 6.45) is 3.62. The average molecular weight is 468 g/mol. The van der Waals surface area contributed by atoms with Gasteiger partial charge in [0, 0.05) is 38.4 Å². The lowest BCUT2D eigenvalue weighted by Gasteiger charge is -2.36. The van der Waals surface area contributed by atoms with Crippen molar-refractivity contribution in [2.24, 2.45) is 0 Å². The monoisotopic (exact) mass is 467 g/mol. The van der Waals surface area contributed by atoms with Gasteiger partial charge in [0.05, 0.1) is 33.3 Å². The van der Waals surface area contributed by atoms with E-state index in [4.69, 9.17) is 33.2 Å². The second kappa shape index (κ2) is 8.41. The van der Waals surface area contributed by atoms with E-state index in [-0.39, 0.29) is 16.1 Å². The molecule has 162 valence electrons. The van der Waals surface area contributed by atoms with Crippen LogP contribution in [-0.4, -0.2) is 58.0 Å². The highest BCUT2D eigenvalue weighted by atomic mass is 35.5. The van der Waals surface area contributed by atoms with Crippen LogP contribution < -0.4 is 10.2 Å². The highest BCUT2D eigenvalue weighted by Gasteiger charge is 2.29. The normalized spacial score (nSPS) is 16.2. The smallest absolute Gasteiger partial charge is 0.255 e. The number of carbonyl (C=O) groups is 1. The minimum atomic E-state index is -0.168. The van der Waals surface area contributed by atoms with Crippen LogP contribution in [-0.2, 0) is 0 Å². The van der Waals surface area contributed by atoms with Gasteiger partial charge >= 0.3 is 0 Å². The molecule has 0 atom stereocenters. The van der Waals surface area contributed by atoms with Crippen molar-refractivity contribution in [2.45, 2.75) is 18.9 Å². The standard InChI is InChI=1S/C22H19Cl2N7O/c23-16-12-26-19(24)10-15(16)22(32)31-7-5-30(6-8-31)21-20(27-14-2-3-14)28-17-4-1-13(11-25)9-18(17)29-21/h1,4,9-10,12,14H,2-3,5-8H2,(H,27,28). The molecule has 1 aliphatic heterocycles. The summed E-state index contributed by atoms with van der Waals surface area (Å²) in [7, 11) is 0. The van der Waals surface area contributed by atoms with E-state index in [2.05, 4.69) is 21.3 Å². The Morgan fingerprint density at radius 2 is 1.88 bits per heavy atom. The topological polar surface area (TPSA) is 98.0 Å². The number of fused-ring (bicyclic) bond motifs is 1. The number of amides is 1. The molecule has 5 rings (SSSR count). The number of piperazine rings is 1. The zero-order chi connectivity index (χ0) is 22.2. The predicted octanol–water partition coefficient (Wildman–Crippen LogP) is 3.74. The number of pyridine rings is 1. The molecule has 2 fully saturated rings. The number of carbonyl (C=O) groups excluding carboxylic acids is 1. The van der Waals surface area contributed by atoms with Gasteiger partial charge in [-0.25, -0.2) is 15.0 Å². The Labute approximate surface area is 194 Å². The maximum Gasteiger partial charge on any atom is 0.255 e. The van der Waals surface area contributed by atoms with E-state index in [1.54, 1.807) is 17.0 Å². The van der Waals surface area contributed by atoms with Gasteiger partial charge in [0.25, 0.3) is 5.91 Å². The molecule has 2 aliphatic rings. The molecule has 32 heavy (non-hydrogen) atoms. The third-order valence-electron chi connectivity index (χ3n) is 5.61. The Balaban J connectivity index is 1.39. The summed E-state index contributed by atoms with van der Waals surface area (Å²) in [5.41, 5.74) is 2.32. The minimum Gasteiger partial charge on any atom is -0.364 e. The number of nitrogens with one attached hydrogen (secondary N) is 1. The fourth-order valence-electron chi connectivity index (χ4n) is 3.72. The average Bonchev–Trinajstić information content (AvgIpc) is 3.63. The first-order chi connectivity index (χ1) is 15.5. The summed E-state index contributed by atoms with van der Waals surface area (Å²) in [4.78, 5) is 30.4. The number of aromatic nitrogens is 3. The molecule has 0 unspecified atom stereocenters. The predicted molar refractivity (Wildman–Crippen MR) is 123 cm³/mol. The van der Waals surface area contributed by atoms with Crippen molar-refractivity contribution >= 4 is 51.8 Å².